The maximum atomic E-state index is 12.5. The number of anilines is 1. The Kier molecular flexibility index (Phi) is 3.58. The van der Waals surface area contributed by atoms with Crippen molar-refractivity contribution in [2.75, 3.05) is 11.9 Å². The van der Waals surface area contributed by atoms with E-state index < -0.39 is 11.5 Å². The van der Waals surface area contributed by atoms with Gasteiger partial charge in [-0.2, -0.15) is 0 Å². The van der Waals surface area contributed by atoms with Gasteiger partial charge in [0.1, 0.15) is 5.69 Å². The standard InChI is InChI=1S/C16H13BrN2O3/c1-19-13-6-5-10(17)8-11(13)16(22,15(19)21)9-14(20)12-4-2-3-7-18-12/h2-8,22H,9H2,1H3/t16-/m1/s1. The number of ketones is 1. The summed E-state index contributed by atoms with van der Waals surface area (Å²) in [5.74, 6) is -0.887. The van der Waals surface area contributed by atoms with E-state index in [9.17, 15) is 14.7 Å². The molecule has 5 nitrogen and oxygen atoms in total. The van der Waals surface area contributed by atoms with Crippen LogP contribution >= 0.6 is 15.9 Å². The first-order chi connectivity index (χ1) is 10.4. The van der Waals surface area contributed by atoms with E-state index in [1.54, 1.807) is 43.4 Å². The van der Waals surface area contributed by atoms with Gasteiger partial charge in [0.2, 0.25) is 0 Å². The summed E-state index contributed by atoms with van der Waals surface area (Å²) in [7, 11) is 1.58. The molecule has 6 heteroatoms. The number of fused-ring (bicyclic) bond motifs is 1. The van der Waals surface area contributed by atoms with Gasteiger partial charge in [-0.05, 0) is 30.3 Å². The first kappa shape index (κ1) is 14.9. The number of benzene rings is 1. The molecule has 0 unspecified atom stereocenters. The molecule has 1 aromatic carbocycles. The fourth-order valence-corrected chi connectivity index (χ4v) is 3.02. The minimum atomic E-state index is -1.86. The van der Waals surface area contributed by atoms with E-state index in [-0.39, 0.29) is 17.9 Å². The van der Waals surface area contributed by atoms with Gasteiger partial charge in [-0.15, -0.1) is 0 Å². The van der Waals surface area contributed by atoms with Gasteiger partial charge in [0.15, 0.2) is 11.4 Å². The molecule has 0 fully saturated rings. The van der Waals surface area contributed by atoms with Crippen molar-refractivity contribution in [3.63, 3.8) is 0 Å². The summed E-state index contributed by atoms with van der Waals surface area (Å²) in [5, 5.41) is 10.9. The van der Waals surface area contributed by atoms with Crippen LogP contribution in [0.3, 0.4) is 0 Å². The van der Waals surface area contributed by atoms with Crippen molar-refractivity contribution in [3.05, 3.63) is 58.3 Å². The second-order valence-corrected chi connectivity index (χ2v) is 6.12. The number of hydrogen-bond acceptors (Lipinski definition) is 4. The van der Waals surface area contributed by atoms with Crippen LogP contribution in [0.2, 0.25) is 0 Å². The fourth-order valence-electron chi connectivity index (χ4n) is 2.66. The molecule has 0 saturated carbocycles. The van der Waals surface area contributed by atoms with Crippen molar-refractivity contribution in [1.82, 2.24) is 4.98 Å². The molecule has 0 spiro atoms. The number of carbonyl (C=O) groups is 2. The average molecular weight is 361 g/mol. The fraction of sp³-hybridized carbons (Fsp3) is 0.188. The minimum absolute atomic E-state index is 0.231. The number of amides is 1. The van der Waals surface area contributed by atoms with E-state index >= 15 is 0 Å². The third-order valence-electron chi connectivity index (χ3n) is 3.79. The lowest BCUT2D eigenvalue weighted by molar-refractivity contribution is -0.135. The number of Topliss-reactive ketones (excluding diaryl/α,β-unsaturated/α-hetero) is 1. The highest BCUT2D eigenvalue weighted by Gasteiger charge is 2.49. The van der Waals surface area contributed by atoms with Crippen LogP contribution in [0.15, 0.2) is 47.1 Å². The van der Waals surface area contributed by atoms with Crippen molar-refractivity contribution < 1.29 is 14.7 Å². The van der Waals surface area contributed by atoms with E-state index in [1.165, 1.54) is 11.1 Å². The monoisotopic (exact) mass is 360 g/mol. The zero-order chi connectivity index (χ0) is 15.9. The zero-order valence-electron chi connectivity index (χ0n) is 11.8. The van der Waals surface area contributed by atoms with Crippen molar-refractivity contribution >= 4 is 33.3 Å². The quantitative estimate of drug-likeness (QED) is 0.852. The first-order valence-corrected chi connectivity index (χ1v) is 7.47. The van der Waals surface area contributed by atoms with Gasteiger partial charge in [-0.1, -0.05) is 22.0 Å². The number of carbonyl (C=O) groups excluding carboxylic acids is 2. The maximum absolute atomic E-state index is 12.5. The predicted octanol–water partition coefficient (Wildman–Crippen LogP) is 2.28. The Balaban J connectivity index is 2.01. The van der Waals surface area contributed by atoms with Crippen LogP contribution < -0.4 is 4.90 Å². The molecule has 1 aromatic heterocycles. The van der Waals surface area contributed by atoms with Gasteiger partial charge in [0.25, 0.3) is 5.91 Å². The normalized spacial score (nSPS) is 20.1. The van der Waals surface area contributed by atoms with E-state index in [4.69, 9.17) is 0 Å². The van der Waals surface area contributed by atoms with E-state index in [1.807, 2.05) is 0 Å². The molecule has 2 heterocycles. The van der Waals surface area contributed by atoms with Gasteiger partial charge >= 0.3 is 0 Å². The number of pyridine rings is 1. The van der Waals surface area contributed by atoms with Gasteiger partial charge in [0, 0.05) is 23.3 Å². The molecule has 0 saturated heterocycles. The van der Waals surface area contributed by atoms with Gasteiger partial charge in [-0.25, -0.2) is 0 Å². The SMILES string of the molecule is CN1C(=O)[C@@](O)(CC(=O)c2ccccn2)c2cc(Br)ccc21. The van der Waals surface area contributed by atoms with E-state index in [0.29, 0.717) is 11.3 Å². The van der Waals surface area contributed by atoms with Crippen molar-refractivity contribution in [2.24, 2.45) is 0 Å². The van der Waals surface area contributed by atoms with Crippen LogP contribution in [0.4, 0.5) is 5.69 Å². The lowest BCUT2D eigenvalue weighted by atomic mass is 9.89. The second kappa shape index (κ2) is 5.30. The molecule has 1 atom stereocenters. The molecule has 0 aliphatic carbocycles. The molecule has 112 valence electrons. The Bertz CT molecular complexity index is 763. The summed E-state index contributed by atoms with van der Waals surface area (Å²) >= 11 is 3.33. The first-order valence-electron chi connectivity index (χ1n) is 6.68. The number of aliphatic hydroxyl groups is 1. The smallest absolute Gasteiger partial charge is 0.263 e. The van der Waals surface area contributed by atoms with Gasteiger partial charge in [0.05, 0.1) is 12.1 Å². The third-order valence-corrected chi connectivity index (χ3v) is 4.28. The zero-order valence-corrected chi connectivity index (χ0v) is 13.4. The molecule has 1 aliphatic rings. The van der Waals surface area contributed by atoms with Gasteiger partial charge in [-0.3, -0.25) is 14.6 Å². The number of halogens is 1. The average Bonchev–Trinajstić information content (AvgIpc) is 2.70. The molecule has 0 bridgehead atoms. The largest absolute Gasteiger partial charge is 0.375 e. The number of aromatic nitrogens is 1. The molecule has 0 radical (unpaired) electrons. The second-order valence-electron chi connectivity index (χ2n) is 5.20. The van der Waals surface area contributed by atoms with E-state index in [2.05, 4.69) is 20.9 Å². The van der Waals surface area contributed by atoms with Crippen molar-refractivity contribution in [1.29, 1.82) is 0 Å². The molecular weight excluding hydrogens is 348 g/mol. The highest BCUT2D eigenvalue weighted by Crippen LogP contribution is 2.43. The molecular formula is C16H13BrN2O3. The Hall–Kier alpha value is -2.05. The Morgan fingerprint density at radius 1 is 1.36 bits per heavy atom. The molecule has 1 aliphatic heterocycles. The van der Waals surface area contributed by atoms with Crippen LogP contribution in [0.5, 0.6) is 0 Å². The lowest BCUT2D eigenvalue weighted by Gasteiger charge is -2.21. The molecule has 1 N–H and O–H groups in total. The number of likely N-dealkylation sites (N-methyl/N-ethyl adjacent to an activating group) is 1. The highest BCUT2D eigenvalue weighted by molar-refractivity contribution is 9.10. The number of hydrogen-bond donors (Lipinski definition) is 1. The minimum Gasteiger partial charge on any atom is -0.375 e. The summed E-state index contributed by atoms with van der Waals surface area (Å²) in [6.07, 6.45) is 1.17. The van der Waals surface area contributed by atoms with Gasteiger partial charge < -0.3 is 10.0 Å². The Labute approximate surface area is 135 Å². The summed E-state index contributed by atoms with van der Waals surface area (Å²) < 4.78 is 0.734. The maximum Gasteiger partial charge on any atom is 0.263 e. The van der Waals surface area contributed by atoms with Crippen LogP contribution in [-0.2, 0) is 10.4 Å². The summed E-state index contributed by atoms with van der Waals surface area (Å²) in [6, 6.07) is 10.2. The molecule has 3 rings (SSSR count). The third kappa shape index (κ3) is 2.24. The summed E-state index contributed by atoms with van der Waals surface area (Å²) in [6.45, 7) is 0. The van der Waals surface area contributed by atoms with Crippen LogP contribution in [0.25, 0.3) is 0 Å². The molecule has 1 amide bonds. The number of nitrogens with zero attached hydrogens (tertiary/aromatic N) is 2. The lowest BCUT2D eigenvalue weighted by Crippen LogP contribution is -2.40. The van der Waals surface area contributed by atoms with E-state index in [0.717, 1.165) is 4.47 Å². The molecule has 2 aromatic rings. The van der Waals surface area contributed by atoms with Crippen LogP contribution in [-0.4, -0.2) is 28.8 Å². The predicted molar refractivity (Wildman–Crippen MR) is 84.6 cm³/mol. The van der Waals surface area contributed by atoms with Crippen LogP contribution in [0.1, 0.15) is 22.5 Å². The van der Waals surface area contributed by atoms with Crippen molar-refractivity contribution in [2.45, 2.75) is 12.0 Å². The summed E-state index contributed by atoms with van der Waals surface area (Å²) in [5.41, 5.74) is -0.597. The Morgan fingerprint density at radius 2 is 2.14 bits per heavy atom. The topological polar surface area (TPSA) is 70.5 Å². The Morgan fingerprint density at radius 3 is 2.82 bits per heavy atom. The summed E-state index contributed by atoms with van der Waals surface area (Å²) in [4.78, 5) is 30.1. The van der Waals surface area contributed by atoms with Crippen LogP contribution in [0, 0.1) is 0 Å². The molecule has 22 heavy (non-hydrogen) atoms. The highest BCUT2D eigenvalue weighted by atomic mass is 79.9. The number of rotatable bonds is 3. The van der Waals surface area contributed by atoms with Crippen molar-refractivity contribution in [3.8, 4) is 0 Å².